The largest absolute Gasteiger partial charge is 0.463 e. The van der Waals surface area contributed by atoms with E-state index in [4.69, 9.17) is 12.3 Å². The Morgan fingerprint density at radius 1 is 0.579 bits per heavy atom. The minimum atomic E-state index is -1.60. The Kier molecular flexibility index (Phi) is 8.74. The van der Waals surface area contributed by atoms with Crippen molar-refractivity contribution in [3.05, 3.63) is 0 Å². The highest BCUT2D eigenvalue weighted by atomic mass is 29.9. The maximum atomic E-state index is 6.42. The lowest BCUT2D eigenvalue weighted by Gasteiger charge is -2.47. The predicted octanol–water partition coefficient (Wildman–Crippen LogP) is 0.777. The second kappa shape index (κ2) is 8.14. The van der Waals surface area contributed by atoms with Gasteiger partial charge in [0.1, 0.15) is 36.6 Å². The molecule has 0 heterocycles. The zero-order valence-corrected chi connectivity index (χ0v) is 22.6. The first-order valence-electron chi connectivity index (χ1n) is 7.35. The average molecular weight is 386 g/mol. The third-order valence-corrected chi connectivity index (χ3v) is 66.3. The van der Waals surface area contributed by atoms with Crippen molar-refractivity contribution in [1.29, 1.82) is 0 Å². The third kappa shape index (κ3) is 5.96. The number of hydrogen-bond acceptors (Lipinski definition) is 3. The second-order valence-electron chi connectivity index (χ2n) is 6.20. The van der Waals surface area contributed by atoms with Crippen LogP contribution in [0.5, 0.6) is 0 Å². The van der Waals surface area contributed by atoms with Crippen LogP contribution < -0.4 is 0 Å². The lowest BCUT2D eigenvalue weighted by atomic mass is 11.9. The van der Waals surface area contributed by atoms with Crippen LogP contribution in [0, 0.1) is 0 Å². The van der Waals surface area contributed by atoms with Crippen LogP contribution in [0.2, 0.25) is 58.9 Å². The summed E-state index contributed by atoms with van der Waals surface area (Å²) in [4.78, 5) is 0. The van der Waals surface area contributed by atoms with E-state index in [2.05, 4.69) is 58.9 Å². The highest BCUT2D eigenvalue weighted by Gasteiger charge is 2.56. The monoisotopic (exact) mass is 385 g/mol. The van der Waals surface area contributed by atoms with Gasteiger partial charge in [-0.15, -0.1) is 0 Å². The fourth-order valence-electron chi connectivity index (χ4n) is 3.47. The van der Waals surface area contributed by atoms with Crippen LogP contribution in [0.4, 0.5) is 0 Å². The first kappa shape index (κ1) is 20.4. The Balaban J connectivity index is 5.49. The van der Waals surface area contributed by atoms with E-state index in [1.165, 1.54) is 0 Å². The van der Waals surface area contributed by atoms with Gasteiger partial charge in [0.05, 0.1) is 0 Å². The highest BCUT2D eigenvalue weighted by molar-refractivity contribution is 7.79. The molecule has 0 spiro atoms. The van der Waals surface area contributed by atoms with Gasteiger partial charge in [-0.25, -0.2) is 0 Å². The van der Waals surface area contributed by atoms with Gasteiger partial charge in [0.2, 0.25) is 0 Å². The van der Waals surface area contributed by atoms with Crippen molar-refractivity contribution < 1.29 is 12.3 Å². The first-order valence-corrected chi connectivity index (χ1v) is 26.5. The Labute approximate surface area is 131 Å². The lowest BCUT2D eigenvalue weighted by molar-refractivity contribution is 0.598. The molecule has 0 bridgehead atoms. The van der Waals surface area contributed by atoms with Crippen molar-refractivity contribution in [2.45, 2.75) is 58.9 Å². The Morgan fingerprint density at radius 3 is 0.947 bits per heavy atom. The quantitative estimate of drug-likeness (QED) is 0.549. The molecule has 0 aromatic heterocycles. The summed E-state index contributed by atoms with van der Waals surface area (Å²) in [5.74, 6) is 0. The van der Waals surface area contributed by atoms with Crippen LogP contribution in [0.25, 0.3) is 0 Å². The molecular formula is C9H33O3Si7. The van der Waals surface area contributed by atoms with Crippen molar-refractivity contribution in [1.82, 2.24) is 0 Å². The molecule has 10 heteroatoms. The van der Waals surface area contributed by atoms with E-state index < -0.39 is 30.9 Å². The van der Waals surface area contributed by atoms with E-state index in [1.54, 1.807) is 0 Å². The van der Waals surface area contributed by atoms with Gasteiger partial charge in [-0.3, -0.25) is 0 Å². The van der Waals surface area contributed by atoms with Gasteiger partial charge in [0, 0.05) is 0 Å². The molecule has 0 amide bonds. The molecule has 0 rings (SSSR count). The summed E-state index contributed by atoms with van der Waals surface area (Å²) in [6, 6.07) is 0. The van der Waals surface area contributed by atoms with Gasteiger partial charge in [0.25, 0.3) is 0 Å². The molecule has 0 aliphatic rings. The van der Waals surface area contributed by atoms with E-state index in [9.17, 15) is 0 Å². The van der Waals surface area contributed by atoms with Crippen LogP contribution in [0.3, 0.4) is 0 Å². The molecular weight excluding hydrogens is 353 g/mol. The summed E-state index contributed by atoms with van der Waals surface area (Å²) in [6.07, 6.45) is 0. The lowest BCUT2D eigenvalue weighted by Crippen LogP contribution is -2.76. The van der Waals surface area contributed by atoms with Crippen molar-refractivity contribution in [2.75, 3.05) is 0 Å². The molecule has 0 aliphatic heterocycles. The second-order valence-corrected chi connectivity index (χ2v) is 41.1. The maximum absolute atomic E-state index is 6.42. The highest BCUT2D eigenvalue weighted by Crippen LogP contribution is 2.27. The summed E-state index contributed by atoms with van der Waals surface area (Å²) in [5.41, 5.74) is 0. The molecule has 0 fully saturated rings. The van der Waals surface area contributed by atoms with E-state index in [0.29, 0.717) is 0 Å². The van der Waals surface area contributed by atoms with Crippen LogP contribution in [-0.2, 0) is 12.3 Å². The summed E-state index contributed by atoms with van der Waals surface area (Å²) >= 11 is 0. The first-order chi connectivity index (χ1) is 8.55. The van der Waals surface area contributed by atoms with Gasteiger partial charge >= 0.3 is 0 Å². The van der Waals surface area contributed by atoms with Gasteiger partial charge < -0.3 is 12.3 Å². The summed E-state index contributed by atoms with van der Waals surface area (Å²) in [7, 11) is -6.40. The van der Waals surface area contributed by atoms with E-state index in [-0.39, 0.29) is 29.3 Å². The molecule has 3 nitrogen and oxygen atoms in total. The Morgan fingerprint density at radius 2 is 0.789 bits per heavy atom. The fraction of sp³-hybridized carbons (Fsp3) is 1.00. The van der Waals surface area contributed by atoms with Gasteiger partial charge in [0.15, 0.2) is 23.5 Å². The maximum Gasteiger partial charge on any atom is 0.157 e. The van der Waals surface area contributed by atoms with Crippen LogP contribution >= 0.6 is 0 Å². The molecule has 1 radical (unpaired) electrons. The number of hydrogen-bond donors (Lipinski definition) is 0. The SMILES string of the molecule is C[SiH2]O[Si](C)(C)[Si]([Si](C)(C)O[SiH2]C)[Si](C)(C)O[SiH2]C. The molecule has 0 aliphatic carbocycles. The normalized spacial score (nSPS) is 16.1. The molecule has 0 aromatic carbocycles. The minimum Gasteiger partial charge on any atom is -0.463 e. The van der Waals surface area contributed by atoms with Crippen LogP contribution in [-0.4, -0.2) is 60.1 Å². The molecule has 0 saturated carbocycles. The van der Waals surface area contributed by atoms with Gasteiger partial charge in [-0.2, -0.15) is 0 Å². The summed E-state index contributed by atoms with van der Waals surface area (Å²) in [6.45, 7) is 21.5. The smallest absolute Gasteiger partial charge is 0.157 e. The van der Waals surface area contributed by atoms with E-state index in [1.807, 2.05) is 0 Å². The molecule has 0 aromatic rings. The van der Waals surface area contributed by atoms with Crippen molar-refractivity contribution in [3.8, 4) is 0 Å². The molecule has 0 saturated heterocycles. The van der Waals surface area contributed by atoms with Crippen LogP contribution in [0.1, 0.15) is 0 Å². The molecule has 0 unspecified atom stereocenters. The van der Waals surface area contributed by atoms with Gasteiger partial charge in [-0.05, 0) is 39.3 Å². The molecule has 115 valence electrons. The number of rotatable bonds is 9. The fourth-order valence-corrected chi connectivity index (χ4v) is 89.9. The van der Waals surface area contributed by atoms with E-state index in [0.717, 1.165) is 0 Å². The van der Waals surface area contributed by atoms with E-state index >= 15 is 0 Å². The summed E-state index contributed by atoms with van der Waals surface area (Å²) in [5, 5.41) is 0. The molecule has 0 N–H and O–H groups in total. The van der Waals surface area contributed by atoms with Crippen molar-refractivity contribution >= 4 is 60.1 Å². The topological polar surface area (TPSA) is 27.7 Å². The zero-order chi connectivity index (χ0) is 15.3. The zero-order valence-electron chi connectivity index (χ0n) is 14.3. The molecule has 19 heavy (non-hydrogen) atoms. The van der Waals surface area contributed by atoms with Crippen molar-refractivity contribution in [3.63, 3.8) is 0 Å². The predicted molar refractivity (Wildman–Crippen MR) is 105 cm³/mol. The average Bonchev–Trinajstić information content (AvgIpc) is 2.14. The standard InChI is InChI=1S/C9H33O3Si7/c1-13-10-17(4,5)16(18(6,7)11-14-2)19(8,9)12-15-3/h13-15H2,1-9H3. The van der Waals surface area contributed by atoms with Gasteiger partial charge in [-0.1, -0.05) is 19.6 Å². The van der Waals surface area contributed by atoms with Crippen molar-refractivity contribution in [2.24, 2.45) is 0 Å². The Hall–Kier alpha value is 1.40. The molecule has 0 atom stereocenters. The van der Waals surface area contributed by atoms with Crippen LogP contribution in [0.15, 0.2) is 0 Å². The summed E-state index contributed by atoms with van der Waals surface area (Å²) < 4.78 is 19.3. The Bertz CT molecular complexity index is 230. The third-order valence-electron chi connectivity index (χ3n) is 3.32. The minimum absolute atomic E-state index is 0.334.